The highest BCUT2D eigenvalue weighted by Crippen LogP contribution is 2.35. The van der Waals surface area contributed by atoms with Gasteiger partial charge in [0.2, 0.25) is 11.8 Å². The first-order valence-electron chi connectivity index (χ1n) is 8.16. The second-order valence-corrected chi connectivity index (χ2v) is 6.98. The highest BCUT2D eigenvalue weighted by atomic mass is 32.2. The Morgan fingerprint density at radius 3 is 2.62 bits per heavy atom. The largest absolute Gasteiger partial charge is 0.507 e. The molecule has 2 amide bonds. The number of phenols is 1. The number of carbonyl (C=O) groups excluding carboxylic acids is 2. The lowest BCUT2D eigenvalue weighted by Crippen LogP contribution is -2.41. The van der Waals surface area contributed by atoms with Crippen LogP contribution in [0.2, 0.25) is 0 Å². The maximum Gasteiger partial charge on any atom is 0.244 e. The van der Waals surface area contributed by atoms with Crippen LogP contribution in [-0.2, 0) is 9.59 Å². The van der Waals surface area contributed by atoms with Crippen molar-refractivity contribution in [2.24, 2.45) is 0 Å². The van der Waals surface area contributed by atoms with Gasteiger partial charge in [-0.1, -0.05) is 36.4 Å². The minimum absolute atomic E-state index is 0.0500. The van der Waals surface area contributed by atoms with Crippen LogP contribution in [0.3, 0.4) is 0 Å². The Morgan fingerprint density at radius 1 is 1.04 bits per heavy atom. The van der Waals surface area contributed by atoms with Crippen LogP contribution in [-0.4, -0.2) is 29.2 Å². The quantitative estimate of drug-likeness (QED) is 0.697. The van der Waals surface area contributed by atoms with Gasteiger partial charge >= 0.3 is 0 Å². The SMILES string of the molecule is O=C(CN1C(=O)CSc2ccccc21)Nc1ccc(O)c2ccccc12. The number of hydrogen-bond donors (Lipinski definition) is 2. The average Bonchev–Trinajstić information content (AvgIpc) is 2.67. The summed E-state index contributed by atoms with van der Waals surface area (Å²) in [5.41, 5.74) is 1.37. The number of thioether (sulfide) groups is 1. The van der Waals surface area contributed by atoms with Crippen molar-refractivity contribution in [3.05, 3.63) is 60.7 Å². The third-order valence-corrected chi connectivity index (χ3v) is 5.33. The van der Waals surface area contributed by atoms with Gasteiger partial charge in [0, 0.05) is 21.4 Å². The maximum atomic E-state index is 12.6. The molecule has 5 nitrogen and oxygen atoms in total. The Bertz CT molecular complexity index is 1020. The van der Waals surface area contributed by atoms with E-state index in [0.717, 1.165) is 16.0 Å². The first kappa shape index (κ1) is 16.5. The molecule has 3 aromatic carbocycles. The highest BCUT2D eigenvalue weighted by molar-refractivity contribution is 8.00. The van der Waals surface area contributed by atoms with Gasteiger partial charge in [0.05, 0.1) is 11.4 Å². The van der Waals surface area contributed by atoms with Crippen molar-refractivity contribution in [2.75, 3.05) is 22.5 Å². The number of phenolic OH excluding ortho intramolecular Hbond substituents is 1. The summed E-state index contributed by atoms with van der Waals surface area (Å²) in [6, 6.07) is 18.1. The van der Waals surface area contributed by atoms with Gasteiger partial charge in [-0.05, 0) is 24.3 Å². The van der Waals surface area contributed by atoms with E-state index in [1.807, 2.05) is 42.5 Å². The van der Waals surface area contributed by atoms with E-state index in [1.54, 1.807) is 18.2 Å². The molecular weight excluding hydrogens is 348 g/mol. The lowest BCUT2D eigenvalue weighted by atomic mass is 10.1. The fraction of sp³-hybridized carbons (Fsp3) is 0.100. The summed E-state index contributed by atoms with van der Waals surface area (Å²) in [5, 5.41) is 14.2. The van der Waals surface area contributed by atoms with E-state index in [2.05, 4.69) is 5.32 Å². The van der Waals surface area contributed by atoms with E-state index in [9.17, 15) is 14.7 Å². The lowest BCUT2D eigenvalue weighted by Gasteiger charge is -2.28. The first-order valence-corrected chi connectivity index (χ1v) is 9.15. The summed E-state index contributed by atoms with van der Waals surface area (Å²) in [5.74, 6) is 0.123. The van der Waals surface area contributed by atoms with Gasteiger partial charge in [-0.25, -0.2) is 0 Å². The normalized spacial score (nSPS) is 13.5. The number of amides is 2. The summed E-state index contributed by atoms with van der Waals surface area (Å²) in [7, 11) is 0. The third-order valence-electron chi connectivity index (χ3n) is 4.29. The van der Waals surface area contributed by atoms with Crippen molar-refractivity contribution in [3.63, 3.8) is 0 Å². The number of carbonyl (C=O) groups is 2. The van der Waals surface area contributed by atoms with Gasteiger partial charge in [-0.3, -0.25) is 9.59 Å². The minimum atomic E-state index is -0.282. The van der Waals surface area contributed by atoms with Crippen molar-refractivity contribution in [1.29, 1.82) is 0 Å². The molecular formula is C20H16N2O3S. The first-order chi connectivity index (χ1) is 12.6. The predicted octanol–water partition coefficient (Wildman–Crippen LogP) is 3.62. The van der Waals surface area contributed by atoms with E-state index in [1.165, 1.54) is 16.7 Å². The van der Waals surface area contributed by atoms with Crippen LogP contribution >= 0.6 is 11.8 Å². The van der Waals surface area contributed by atoms with Crippen LogP contribution in [0.1, 0.15) is 0 Å². The molecule has 4 rings (SSSR count). The lowest BCUT2D eigenvalue weighted by molar-refractivity contribution is -0.120. The molecule has 0 saturated carbocycles. The number of hydrogen-bond acceptors (Lipinski definition) is 4. The summed E-state index contributed by atoms with van der Waals surface area (Å²) in [6.45, 7) is -0.0500. The van der Waals surface area contributed by atoms with Crippen molar-refractivity contribution >= 4 is 45.7 Å². The second kappa shape index (κ2) is 6.72. The molecule has 1 heterocycles. The summed E-state index contributed by atoms with van der Waals surface area (Å²) in [6.07, 6.45) is 0. The summed E-state index contributed by atoms with van der Waals surface area (Å²) in [4.78, 5) is 27.4. The van der Waals surface area contributed by atoms with Crippen LogP contribution in [0.5, 0.6) is 5.75 Å². The van der Waals surface area contributed by atoms with E-state index in [-0.39, 0.29) is 24.1 Å². The molecule has 0 radical (unpaired) electrons. The van der Waals surface area contributed by atoms with Crippen molar-refractivity contribution in [1.82, 2.24) is 0 Å². The molecule has 0 spiro atoms. The number of para-hydroxylation sites is 1. The molecule has 26 heavy (non-hydrogen) atoms. The van der Waals surface area contributed by atoms with Gasteiger partial charge in [0.15, 0.2) is 0 Å². The Kier molecular flexibility index (Phi) is 4.26. The van der Waals surface area contributed by atoms with Crippen LogP contribution in [0, 0.1) is 0 Å². The smallest absolute Gasteiger partial charge is 0.244 e. The zero-order valence-corrected chi connectivity index (χ0v) is 14.6. The Hall–Kier alpha value is -2.99. The number of nitrogens with one attached hydrogen (secondary N) is 1. The second-order valence-electron chi connectivity index (χ2n) is 5.96. The maximum absolute atomic E-state index is 12.6. The van der Waals surface area contributed by atoms with Crippen LogP contribution in [0.15, 0.2) is 65.6 Å². The number of anilines is 2. The van der Waals surface area contributed by atoms with E-state index < -0.39 is 0 Å². The topological polar surface area (TPSA) is 69.6 Å². The fourth-order valence-electron chi connectivity index (χ4n) is 3.05. The van der Waals surface area contributed by atoms with Crippen LogP contribution in [0.25, 0.3) is 10.8 Å². The van der Waals surface area contributed by atoms with E-state index in [4.69, 9.17) is 0 Å². The van der Waals surface area contributed by atoms with Crippen LogP contribution in [0.4, 0.5) is 11.4 Å². The third kappa shape index (κ3) is 2.99. The van der Waals surface area contributed by atoms with Gasteiger partial charge < -0.3 is 15.3 Å². The molecule has 3 aromatic rings. The van der Waals surface area contributed by atoms with Crippen molar-refractivity contribution < 1.29 is 14.7 Å². The van der Waals surface area contributed by atoms with E-state index in [0.29, 0.717) is 16.8 Å². The molecule has 1 aliphatic rings. The Morgan fingerprint density at radius 2 is 1.77 bits per heavy atom. The molecule has 0 fully saturated rings. The summed E-state index contributed by atoms with van der Waals surface area (Å²) >= 11 is 1.48. The Labute approximate surface area is 154 Å². The fourth-order valence-corrected chi connectivity index (χ4v) is 3.99. The van der Waals surface area contributed by atoms with Gasteiger partial charge in [-0.2, -0.15) is 0 Å². The standard InChI is InChI=1S/C20H16N2O3S/c23-17-10-9-15(13-5-1-2-6-14(13)17)21-19(24)11-22-16-7-3-4-8-18(16)26-12-20(22)25/h1-10,23H,11-12H2,(H,21,24). The van der Waals surface area contributed by atoms with Crippen molar-refractivity contribution in [3.8, 4) is 5.75 Å². The van der Waals surface area contributed by atoms with Gasteiger partial charge in [-0.15, -0.1) is 11.8 Å². The average molecular weight is 364 g/mol. The zero-order chi connectivity index (χ0) is 18.1. The predicted molar refractivity (Wildman–Crippen MR) is 104 cm³/mol. The molecule has 2 N–H and O–H groups in total. The number of aromatic hydroxyl groups is 1. The molecule has 0 bridgehead atoms. The minimum Gasteiger partial charge on any atom is -0.507 e. The monoisotopic (exact) mass is 364 g/mol. The Balaban J connectivity index is 1.59. The van der Waals surface area contributed by atoms with Crippen molar-refractivity contribution in [2.45, 2.75) is 4.90 Å². The molecule has 1 aliphatic heterocycles. The zero-order valence-electron chi connectivity index (χ0n) is 13.8. The van der Waals surface area contributed by atoms with Crippen LogP contribution < -0.4 is 10.2 Å². The number of fused-ring (bicyclic) bond motifs is 2. The molecule has 6 heteroatoms. The number of nitrogens with zero attached hydrogens (tertiary/aromatic N) is 1. The van der Waals surface area contributed by atoms with E-state index >= 15 is 0 Å². The highest BCUT2D eigenvalue weighted by Gasteiger charge is 2.26. The number of rotatable bonds is 3. The molecule has 130 valence electrons. The molecule has 0 unspecified atom stereocenters. The van der Waals surface area contributed by atoms with Gasteiger partial charge in [0.25, 0.3) is 0 Å². The number of benzene rings is 3. The van der Waals surface area contributed by atoms with Gasteiger partial charge in [0.1, 0.15) is 12.3 Å². The summed E-state index contributed by atoms with van der Waals surface area (Å²) < 4.78 is 0. The molecule has 0 atom stereocenters. The molecule has 0 saturated heterocycles. The molecule has 0 aliphatic carbocycles. The molecule has 0 aromatic heterocycles.